The van der Waals surface area contributed by atoms with Crippen molar-refractivity contribution in [1.29, 1.82) is 0 Å². The fraction of sp³-hybridized carbons (Fsp3) is 0.278. The summed E-state index contributed by atoms with van der Waals surface area (Å²) in [7, 11) is 1.70. The van der Waals surface area contributed by atoms with Crippen molar-refractivity contribution in [3.63, 3.8) is 0 Å². The van der Waals surface area contributed by atoms with Crippen LogP contribution in [0.3, 0.4) is 0 Å². The molecule has 0 atom stereocenters. The molecule has 116 valence electrons. The second kappa shape index (κ2) is 7.07. The molecule has 0 aliphatic carbocycles. The van der Waals surface area contributed by atoms with Gasteiger partial charge in [-0.3, -0.25) is 4.79 Å². The summed E-state index contributed by atoms with van der Waals surface area (Å²) in [6.45, 7) is 4.39. The van der Waals surface area contributed by atoms with Crippen molar-refractivity contribution in [3.8, 4) is 5.75 Å². The first-order valence-corrected chi connectivity index (χ1v) is 7.13. The first-order chi connectivity index (χ1) is 10.4. The highest BCUT2D eigenvalue weighted by Crippen LogP contribution is 2.16. The van der Waals surface area contributed by atoms with Gasteiger partial charge in [0, 0.05) is 13.6 Å². The molecule has 2 rings (SSSR count). The highest BCUT2D eigenvalue weighted by atomic mass is 19.1. The average Bonchev–Trinajstić information content (AvgIpc) is 2.46. The third-order valence-corrected chi connectivity index (χ3v) is 3.32. The molecule has 0 fully saturated rings. The Morgan fingerprint density at radius 3 is 2.27 bits per heavy atom. The number of ether oxygens (including phenoxy) is 1. The van der Waals surface area contributed by atoms with Gasteiger partial charge in [-0.2, -0.15) is 0 Å². The standard InChI is InChI=1S/C18H20FNO2/c1-13-8-14(2)10-17(9-13)22-12-18(21)20(3)11-15-4-6-16(19)7-5-15/h4-10H,11-12H2,1-3H3. The normalized spacial score (nSPS) is 10.4. The van der Waals surface area contributed by atoms with Crippen LogP contribution in [0.2, 0.25) is 0 Å². The lowest BCUT2D eigenvalue weighted by Gasteiger charge is -2.18. The van der Waals surface area contributed by atoms with Crippen LogP contribution in [0.5, 0.6) is 5.75 Å². The molecule has 0 saturated carbocycles. The van der Waals surface area contributed by atoms with E-state index in [-0.39, 0.29) is 18.3 Å². The van der Waals surface area contributed by atoms with Crippen molar-refractivity contribution in [2.45, 2.75) is 20.4 Å². The number of aryl methyl sites for hydroxylation is 2. The molecule has 22 heavy (non-hydrogen) atoms. The van der Waals surface area contributed by atoms with Gasteiger partial charge in [-0.25, -0.2) is 4.39 Å². The van der Waals surface area contributed by atoms with Crippen molar-refractivity contribution in [2.24, 2.45) is 0 Å². The molecule has 2 aromatic carbocycles. The van der Waals surface area contributed by atoms with E-state index in [2.05, 4.69) is 6.07 Å². The molecule has 0 aromatic heterocycles. The Bertz CT molecular complexity index is 632. The summed E-state index contributed by atoms with van der Waals surface area (Å²) < 4.78 is 18.4. The number of hydrogen-bond donors (Lipinski definition) is 0. The van der Waals surface area contributed by atoms with E-state index in [1.165, 1.54) is 12.1 Å². The number of rotatable bonds is 5. The van der Waals surface area contributed by atoms with Gasteiger partial charge < -0.3 is 9.64 Å². The first-order valence-electron chi connectivity index (χ1n) is 7.13. The Balaban J connectivity index is 1.89. The van der Waals surface area contributed by atoms with Crippen LogP contribution in [-0.4, -0.2) is 24.5 Å². The Kier molecular flexibility index (Phi) is 5.15. The number of halogens is 1. The predicted octanol–water partition coefficient (Wildman–Crippen LogP) is 3.48. The van der Waals surface area contributed by atoms with Crippen molar-refractivity contribution in [2.75, 3.05) is 13.7 Å². The van der Waals surface area contributed by atoms with Gasteiger partial charge in [0.25, 0.3) is 5.91 Å². The molecule has 4 heteroatoms. The lowest BCUT2D eigenvalue weighted by Crippen LogP contribution is -2.30. The quantitative estimate of drug-likeness (QED) is 0.846. The van der Waals surface area contributed by atoms with E-state index in [4.69, 9.17) is 4.74 Å². The van der Waals surface area contributed by atoms with Crippen LogP contribution >= 0.6 is 0 Å². The van der Waals surface area contributed by atoms with E-state index in [1.54, 1.807) is 24.1 Å². The fourth-order valence-electron chi connectivity index (χ4n) is 2.22. The van der Waals surface area contributed by atoms with Gasteiger partial charge >= 0.3 is 0 Å². The largest absolute Gasteiger partial charge is 0.484 e. The zero-order chi connectivity index (χ0) is 16.1. The van der Waals surface area contributed by atoms with Crippen LogP contribution in [0, 0.1) is 19.7 Å². The first kappa shape index (κ1) is 16.0. The minimum Gasteiger partial charge on any atom is -0.484 e. The second-order valence-corrected chi connectivity index (χ2v) is 5.49. The van der Waals surface area contributed by atoms with Crippen molar-refractivity contribution in [1.82, 2.24) is 4.90 Å². The summed E-state index contributed by atoms with van der Waals surface area (Å²) in [5.74, 6) is 0.292. The molecule has 0 heterocycles. The van der Waals surface area contributed by atoms with E-state index in [9.17, 15) is 9.18 Å². The van der Waals surface area contributed by atoms with Gasteiger partial charge in [0.1, 0.15) is 11.6 Å². The minimum absolute atomic E-state index is 0.0133. The lowest BCUT2D eigenvalue weighted by molar-refractivity contribution is -0.132. The van der Waals surface area contributed by atoms with E-state index < -0.39 is 0 Å². The third kappa shape index (κ3) is 4.58. The zero-order valence-electron chi connectivity index (χ0n) is 13.1. The highest BCUT2D eigenvalue weighted by molar-refractivity contribution is 5.77. The predicted molar refractivity (Wildman–Crippen MR) is 84.3 cm³/mol. The monoisotopic (exact) mass is 301 g/mol. The molecule has 0 spiro atoms. The van der Waals surface area contributed by atoms with Crippen LogP contribution in [-0.2, 0) is 11.3 Å². The molecule has 0 aliphatic rings. The Morgan fingerprint density at radius 2 is 1.68 bits per heavy atom. The fourth-order valence-corrected chi connectivity index (χ4v) is 2.22. The summed E-state index contributed by atoms with van der Waals surface area (Å²) >= 11 is 0. The average molecular weight is 301 g/mol. The topological polar surface area (TPSA) is 29.5 Å². The molecular formula is C18H20FNO2. The van der Waals surface area contributed by atoms with Gasteiger partial charge in [-0.1, -0.05) is 18.2 Å². The number of benzene rings is 2. The van der Waals surface area contributed by atoms with Gasteiger partial charge in [-0.05, 0) is 54.8 Å². The summed E-state index contributed by atoms with van der Waals surface area (Å²) in [6.07, 6.45) is 0. The van der Waals surface area contributed by atoms with E-state index in [1.807, 2.05) is 26.0 Å². The summed E-state index contributed by atoms with van der Waals surface area (Å²) in [6, 6.07) is 12.0. The molecular weight excluding hydrogens is 281 g/mol. The maximum atomic E-state index is 12.9. The Labute approximate surface area is 130 Å². The van der Waals surface area contributed by atoms with Gasteiger partial charge in [0.05, 0.1) is 0 Å². The highest BCUT2D eigenvalue weighted by Gasteiger charge is 2.10. The number of hydrogen-bond acceptors (Lipinski definition) is 2. The van der Waals surface area contributed by atoms with Gasteiger partial charge in [0.2, 0.25) is 0 Å². The molecule has 0 radical (unpaired) electrons. The van der Waals surface area contributed by atoms with Crippen molar-refractivity contribution in [3.05, 3.63) is 65.0 Å². The zero-order valence-corrected chi connectivity index (χ0v) is 13.1. The molecule has 0 bridgehead atoms. The van der Waals surface area contributed by atoms with Crippen molar-refractivity contribution < 1.29 is 13.9 Å². The van der Waals surface area contributed by atoms with Crippen LogP contribution in [0.25, 0.3) is 0 Å². The summed E-state index contributed by atoms with van der Waals surface area (Å²) in [4.78, 5) is 13.6. The van der Waals surface area contributed by atoms with E-state index >= 15 is 0 Å². The van der Waals surface area contributed by atoms with Crippen LogP contribution < -0.4 is 4.74 Å². The SMILES string of the molecule is Cc1cc(C)cc(OCC(=O)N(C)Cc2ccc(F)cc2)c1. The molecule has 0 N–H and O–H groups in total. The number of carbonyl (C=O) groups excluding carboxylic acids is 1. The van der Waals surface area contributed by atoms with Crippen LogP contribution in [0.1, 0.15) is 16.7 Å². The Morgan fingerprint density at radius 1 is 1.09 bits per heavy atom. The van der Waals surface area contributed by atoms with Crippen LogP contribution in [0.4, 0.5) is 4.39 Å². The molecule has 2 aromatic rings. The maximum Gasteiger partial charge on any atom is 0.260 e. The smallest absolute Gasteiger partial charge is 0.260 e. The number of amides is 1. The molecule has 0 aliphatic heterocycles. The summed E-state index contributed by atoms with van der Waals surface area (Å²) in [5, 5.41) is 0. The van der Waals surface area contributed by atoms with E-state index in [0.29, 0.717) is 12.3 Å². The molecule has 0 saturated heterocycles. The number of likely N-dealkylation sites (N-methyl/N-ethyl adjacent to an activating group) is 1. The molecule has 0 unspecified atom stereocenters. The van der Waals surface area contributed by atoms with Gasteiger partial charge in [-0.15, -0.1) is 0 Å². The second-order valence-electron chi connectivity index (χ2n) is 5.49. The summed E-state index contributed by atoms with van der Waals surface area (Å²) in [5.41, 5.74) is 3.08. The van der Waals surface area contributed by atoms with Gasteiger partial charge in [0.15, 0.2) is 6.61 Å². The Hall–Kier alpha value is -2.36. The number of carbonyl (C=O) groups is 1. The lowest BCUT2D eigenvalue weighted by atomic mass is 10.1. The molecule has 1 amide bonds. The number of nitrogens with zero attached hydrogens (tertiary/aromatic N) is 1. The van der Waals surface area contributed by atoms with Crippen LogP contribution in [0.15, 0.2) is 42.5 Å². The van der Waals surface area contributed by atoms with E-state index in [0.717, 1.165) is 16.7 Å². The maximum absolute atomic E-state index is 12.9. The molecule has 3 nitrogen and oxygen atoms in total. The van der Waals surface area contributed by atoms with Crippen molar-refractivity contribution >= 4 is 5.91 Å². The minimum atomic E-state index is -0.282. The third-order valence-electron chi connectivity index (χ3n) is 3.32.